The first-order chi connectivity index (χ1) is 7.43. The number of nitrogens with one attached hydrogen (secondary N) is 1. The Morgan fingerprint density at radius 2 is 1.88 bits per heavy atom. The van der Waals surface area contributed by atoms with Crippen molar-refractivity contribution in [3.05, 3.63) is 33.2 Å². The maximum Gasteiger partial charge on any atom is 0.274 e. The van der Waals surface area contributed by atoms with Crippen LogP contribution in [0.4, 0.5) is 0 Å². The van der Waals surface area contributed by atoms with E-state index in [1.54, 1.807) is 6.92 Å². The van der Waals surface area contributed by atoms with E-state index in [4.69, 9.17) is 0 Å². The highest BCUT2D eigenvalue weighted by molar-refractivity contribution is 6.28. The van der Waals surface area contributed by atoms with Crippen LogP contribution in [0, 0.1) is 6.92 Å². The van der Waals surface area contributed by atoms with Gasteiger partial charge in [-0.25, -0.2) is 4.90 Å². The number of H-pyrrole nitrogens is 1. The Hall–Kier alpha value is -2.24. The van der Waals surface area contributed by atoms with Crippen LogP contribution >= 0.6 is 0 Å². The van der Waals surface area contributed by atoms with Gasteiger partial charge < -0.3 is 4.98 Å². The summed E-state index contributed by atoms with van der Waals surface area (Å²) in [7, 11) is 0. The Kier molecular flexibility index (Phi) is 2.01. The Bertz CT molecular complexity index is 585. The van der Waals surface area contributed by atoms with Crippen molar-refractivity contribution in [3.8, 4) is 0 Å². The van der Waals surface area contributed by atoms with Crippen LogP contribution in [0.5, 0.6) is 0 Å². The van der Waals surface area contributed by atoms with E-state index >= 15 is 0 Å². The van der Waals surface area contributed by atoms with Gasteiger partial charge in [0.1, 0.15) is 5.56 Å². The Labute approximate surface area is 89.9 Å². The van der Waals surface area contributed by atoms with Crippen molar-refractivity contribution >= 4 is 17.7 Å². The largest absolute Gasteiger partial charge is 0.326 e. The Balaban J connectivity index is 2.74. The van der Waals surface area contributed by atoms with Crippen molar-refractivity contribution in [1.82, 2.24) is 9.88 Å². The molecule has 2 heterocycles. The lowest BCUT2D eigenvalue weighted by Crippen LogP contribution is -2.34. The molecule has 6 nitrogen and oxygen atoms in total. The molecule has 0 fully saturated rings. The Morgan fingerprint density at radius 1 is 1.25 bits per heavy atom. The second-order valence-corrected chi connectivity index (χ2v) is 3.53. The molecule has 1 aliphatic heterocycles. The smallest absolute Gasteiger partial charge is 0.274 e. The first-order valence-electron chi connectivity index (χ1n) is 4.56. The number of carbonyl (C=O) groups excluding carboxylic acids is 3. The van der Waals surface area contributed by atoms with Crippen LogP contribution in [0.2, 0.25) is 0 Å². The van der Waals surface area contributed by atoms with Gasteiger partial charge in [0.15, 0.2) is 0 Å². The van der Waals surface area contributed by atoms with Crippen LogP contribution in [-0.4, -0.2) is 27.6 Å². The summed E-state index contributed by atoms with van der Waals surface area (Å²) in [5.74, 6) is -2.28. The highest BCUT2D eigenvalue weighted by Gasteiger charge is 2.40. The average molecular weight is 220 g/mol. The fourth-order valence-electron chi connectivity index (χ4n) is 1.68. The molecule has 6 heteroatoms. The predicted octanol–water partition coefficient (Wildman–Crippen LogP) is -0.174. The highest BCUT2D eigenvalue weighted by atomic mass is 16.2. The van der Waals surface area contributed by atoms with Gasteiger partial charge in [-0.3, -0.25) is 19.2 Å². The van der Waals surface area contributed by atoms with Crippen LogP contribution in [0.25, 0.3) is 0 Å². The molecule has 0 unspecified atom stereocenters. The Morgan fingerprint density at radius 3 is 2.44 bits per heavy atom. The van der Waals surface area contributed by atoms with Gasteiger partial charge >= 0.3 is 0 Å². The number of hydrogen-bond donors (Lipinski definition) is 1. The monoisotopic (exact) mass is 220 g/mol. The number of rotatable bonds is 0. The molecule has 1 aliphatic rings. The molecule has 82 valence electrons. The fourth-order valence-corrected chi connectivity index (χ4v) is 1.68. The third kappa shape index (κ3) is 1.19. The van der Waals surface area contributed by atoms with Crippen molar-refractivity contribution in [1.29, 1.82) is 0 Å². The number of imide groups is 3. The zero-order valence-electron chi connectivity index (χ0n) is 8.66. The number of amides is 3. The second-order valence-electron chi connectivity index (χ2n) is 3.53. The first kappa shape index (κ1) is 10.3. The lowest BCUT2D eigenvalue weighted by molar-refractivity contribution is -0.124. The van der Waals surface area contributed by atoms with Gasteiger partial charge in [0.05, 0.1) is 5.56 Å². The van der Waals surface area contributed by atoms with Gasteiger partial charge in [0.25, 0.3) is 17.4 Å². The standard InChI is InChI=1S/C10H8N2O4/c1-4-3-6-7(8(14)11-4)10(16)12(5(2)13)9(6)15/h3H,1-2H3,(H,11,14). The normalized spacial score (nSPS) is 14.2. The number of fused-ring (bicyclic) bond motifs is 1. The lowest BCUT2D eigenvalue weighted by atomic mass is 10.1. The minimum atomic E-state index is -0.853. The molecule has 3 amide bonds. The third-order valence-corrected chi connectivity index (χ3v) is 2.33. The summed E-state index contributed by atoms with van der Waals surface area (Å²) in [6.07, 6.45) is 0. The van der Waals surface area contributed by atoms with Crippen molar-refractivity contribution in [2.24, 2.45) is 0 Å². The van der Waals surface area contributed by atoms with Gasteiger partial charge in [-0.15, -0.1) is 0 Å². The summed E-state index contributed by atoms with van der Waals surface area (Å²) in [6.45, 7) is 2.69. The van der Waals surface area contributed by atoms with Gasteiger partial charge in [-0.2, -0.15) is 0 Å². The zero-order chi connectivity index (χ0) is 12.0. The molecular formula is C10H8N2O4. The molecule has 0 radical (unpaired) electrons. The van der Waals surface area contributed by atoms with Crippen molar-refractivity contribution in [2.75, 3.05) is 0 Å². The number of aryl methyl sites for hydroxylation is 1. The first-order valence-corrected chi connectivity index (χ1v) is 4.56. The summed E-state index contributed by atoms with van der Waals surface area (Å²) < 4.78 is 0. The molecule has 0 spiro atoms. The number of hydrogen-bond acceptors (Lipinski definition) is 4. The molecule has 0 aliphatic carbocycles. The maximum atomic E-state index is 11.7. The van der Waals surface area contributed by atoms with Crippen molar-refractivity contribution < 1.29 is 14.4 Å². The van der Waals surface area contributed by atoms with E-state index in [2.05, 4.69) is 4.98 Å². The molecule has 0 aromatic carbocycles. The minimum absolute atomic E-state index is 0.0125. The summed E-state index contributed by atoms with van der Waals surface area (Å²) in [6, 6.07) is 1.39. The number of nitrogens with zero attached hydrogens (tertiary/aromatic N) is 1. The van der Waals surface area contributed by atoms with Gasteiger partial charge in [-0.05, 0) is 13.0 Å². The van der Waals surface area contributed by atoms with Gasteiger partial charge in [0, 0.05) is 12.6 Å². The van der Waals surface area contributed by atoms with E-state index < -0.39 is 23.3 Å². The van der Waals surface area contributed by atoms with E-state index in [0.717, 1.165) is 6.92 Å². The predicted molar refractivity (Wildman–Crippen MR) is 53.0 cm³/mol. The molecule has 1 aromatic rings. The molecule has 2 rings (SSSR count). The topological polar surface area (TPSA) is 87.3 Å². The quantitative estimate of drug-likeness (QED) is 0.614. The van der Waals surface area contributed by atoms with Gasteiger partial charge in [0.2, 0.25) is 5.91 Å². The molecule has 0 saturated heterocycles. The van der Waals surface area contributed by atoms with E-state index in [1.165, 1.54) is 6.07 Å². The van der Waals surface area contributed by atoms with Crippen molar-refractivity contribution in [3.63, 3.8) is 0 Å². The van der Waals surface area contributed by atoms with Crippen LogP contribution in [0.1, 0.15) is 33.3 Å². The van der Waals surface area contributed by atoms with Crippen LogP contribution in [0.15, 0.2) is 10.9 Å². The molecule has 0 saturated carbocycles. The molecule has 1 aromatic heterocycles. The van der Waals surface area contributed by atoms with Crippen LogP contribution in [-0.2, 0) is 4.79 Å². The van der Waals surface area contributed by atoms with Crippen LogP contribution in [0.3, 0.4) is 0 Å². The summed E-state index contributed by atoms with van der Waals surface area (Å²) in [5, 5.41) is 0. The molecule has 0 atom stereocenters. The highest BCUT2D eigenvalue weighted by Crippen LogP contribution is 2.19. The summed E-state index contributed by atoms with van der Waals surface area (Å²) >= 11 is 0. The fraction of sp³-hybridized carbons (Fsp3) is 0.200. The van der Waals surface area contributed by atoms with E-state index in [-0.39, 0.29) is 11.1 Å². The average Bonchev–Trinajstić information content (AvgIpc) is 2.38. The molecule has 16 heavy (non-hydrogen) atoms. The zero-order valence-corrected chi connectivity index (χ0v) is 8.66. The minimum Gasteiger partial charge on any atom is -0.326 e. The van der Waals surface area contributed by atoms with Crippen molar-refractivity contribution in [2.45, 2.75) is 13.8 Å². The number of pyridine rings is 1. The summed E-state index contributed by atoms with van der Waals surface area (Å²) in [4.78, 5) is 48.8. The third-order valence-electron chi connectivity index (χ3n) is 2.33. The summed E-state index contributed by atoms with van der Waals surface area (Å²) in [5.41, 5.74) is -0.445. The number of aromatic nitrogens is 1. The SMILES string of the molecule is CC(=O)N1C(=O)c2cc(C)[nH]c(=O)c2C1=O. The number of carbonyl (C=O) groups is 3. The van der Waals surface area contributed by atoms with Crippen LogP contribution < -0.4 is 5.56 Å². The maximum absolute atomic E-state index is 11.7. The van der Waals surface area contributed by atoms with E-state index in [9.17, 15) is 19.2 Å². The van der Waals surface area contributed by atoms with Gasteiger partial charge in [-0.1, -0.05) is 0 Å². The van der Waals surface area contributed by atoms with E-state index in [0.29, 0.717) is 10.6 Å². The molecule has 1 N–H and O–H groups in total. The lowest BCUT2D eigenvalue weighted by Gasteiger charge is -2.06. The molecular weight excluding hydrogens is 212 g/mol. The second kappa shape index (κ2) is 3.13. The number of aromatic amines is 1. The van der Waals surface area contributed by atoms with E-state index in [1.807, 2.05) is 0 Å². The molecule has 0 bridgehead atoms.